The molecule has 0 aliphatic heterocycles. The summed E-state index contributed by atoms with van der Waals surface area (Å²) < 4.78 is 18.6. The summed E-state index contributed by atoms with van der Waals surface area (Å²) in [7, 11) is 1.56. The fraction of sp³-hybridized carbons (Fsp3) is 0.174. The molecule has 0 saturated carbocycles. The second kappa shape index (κ2) is 13.2. The number of carbonyl (C=O) groups is 2. The largest absolute Gasteiger partial charge is 0.490 e. The van der Waals surface area contributed by atoms with E-state index in [1.165, 1.54) is 0 Å². The maximum Gasteiger partial charge on any atom is 0.276 e. The molecule has 35 heavy (non-hydrogen) atoms. The highest BCUT2D eigenvalue weighted by Gasteiger charge is 2.16. The van der Waals surface area contributed by atoms with Crippen molar-refractivity contribution in [3.63, 3.8) is 0 Å². The third kappa shape index (κ3) is 7.87. The molecule has 0 aromatic heterocycles. The number of ether oxygens (including phenoxy) is 3. The van der Waals surface area contributed by atoms with Gasteiger partial charge in [0, 0.05) is 16.1 Å². The van der Waals surface area contributed by atoms with E-state index in [-0.39, 0.29) is 23.9 Å². The lowest BCUT2D eigenvalue weighted by Gasteiger charge is -2.14. The van der Waals surface area contributed by atoms with Gasteiger partial charge in [-0.15, -0.1) is 0 Å². The van der Waals surface area contributed by atoms with Gasteiger partial charge >= 0.3 is 0 Å². The Morgan fingerprint density at radius 2 is 1.60 bits per heavy atom. The van der Waals surface area contributed by atoms with Gasteiger partial charge in [0.25, 0.3) is 11.8 Å². The molecule has 0 aliphatic rings. The van der Waals surface area contributed by atoms with Crippen molar-refractivity contribution < 1.29 is 23.8 Å². The number of hydrogen-bond acceptors (Lipinski definition) is 6. The maximum absolute atomic E-state index is 12.7. The predicted molar refractivity (Wildman–Crippen MR) is 148 cm³/mol. The standard InChI is InChI=1S/C23H20Br3N3O5S/c1-32-8-9-33-18-7-4-15(25)11-17(18)22(31)27-23(35)29-28-20(30)12-34-19-6-2-13-10-14(24)3-5-16(13)21(19)26/h2-7,10-11H,8-9,12H2,1H3,(H,28,30)(H2,27,29,31,35). The molecule has 0 unspecified atom stereocenters. The SMILES string of the molecule is COCCOc1ccc(Br)cc1C(=O)NC(=S)NNC(=O)COc1ccc2cc(Br)ccc2c1Br. The summed E-state index contributed by atoms with van der Waals surface area (Å²) in [5.41, 5.74) is 5.15. The third-order valence-electron chi connectivity index (χ3n) is 4.51. The smallest absolute Gasteiger partial charge is 0.276 e. The van der Waals surface area contributed by atoms with Gasteiger partial charge in [-0.1, -0.05) is 44.0 Å². The van der Waals surface area contributed by atoms with Crippen LogP contribution >= 0.6 is 60.0 Å². The van der Waals surface area contributed by atoms with Crippen molar-refractivity contribution in [1.29, 1.82) is 0 Å². The van der Waals surface area contributed by atoms with E-state index in [1.807, 2.05) is 24.3 Å². The van der Waals surface area contributed by atoms with Crippen LogP contribution in [0.4, 0.5) is 0 Å². The van der Waals surface area contributed by atoms with Crippen molar-refractivity contribution in [2.45, 2.75) is 0 Å². The molecule has 2 amide bonds. The van der Waals surface area contributed by atoms with Crippen LogP contribution in [0, 0.1) is 0 Å². The summed E-state index contributed by atoms with van der Waals surface area (Å²) in [4.78, 5) is 24.9. The van der Waals surface area contributed by atoms with Crippen LogP contribution in [0.5, 0.6) is 11.5 Å². The summed E-state index contributed by atoms with van der Waals surface area (Å²) in [5.74, 6) is -0.110. The summed E-state index contributed by atoms with van der Waals surface area (Å²) in [5, 5.41) is 4.37. The van der Waals surface area contributed by atoms with Gasteiger partial charge in [0.05, 0.1) is 16.6 Å². The van der Waals surface area contributed by atoms with Crippen LogP contribution in [0.15, 0.2) is 61.9 Å². The lowest BCUT2D eigenvalue weighted by atomic mass is 10.1. The first-order valence-electron chi connectivity index (χ1n) is 10.1. The van der Waals surface area contributed by atoms with E-state index in [2.05, 4.69) is 64.0 Å². The third-order valence-corrected chi connectivity index (χ3v) is 6.52. The zero-order valence-electron chi connectivity index (χ0n) is 18.3. The molecule has 0 bridgehead atoms. The number of rotatable bonds is 8. The van der Waals surface area contributed by atoms with Crippen LogP contribution < -0.4 is 25.6 Å². The molecule has 0 saturated heterocycles. The lowest BCUT2D eigenvalue weighted by molar-refractivity contribution is -0.123. The Morgan fingerprint density at radius 3 is 2.37 bits per heavy atom. The number of hydrogen-bond donors (Lipinski definition) is 3. The molecule has 3 rings (SSSR count). The number of fused-ring (bicyclic) bond motifs is 1. The maximum atomic E-state index is 12.7. The molecule has 0 atom stereocenters. The predicted octanol–water partition coefficient (Wildman–Crippen LogP) is 4.87. The number of carbonyl (C=O) groups excluding carboxylic acids is 2. The van der Waals surface area contributed by atoms with E-state index < -0.39 is 11.8 Å². The monoisotopic (exact) mass is 687 g/mol. The number of hydrazine groups is 1. The Kier molecular flexibility index (Phi) is 10.3. The van der Waals surface area contributed by atoms with E-state index >= 15 is 0 Å². The minimum absolute atomic E-state index is 0.0939. The van der Waals surface area contributed by atoms with E-state index in [1.54, 1.807) is 31.4 Å². The van der Waals surface area contributed by atoms with E-state index in [0.29, 0.717) is 22.6 Å². The first-order valence-corrected chi connectivity index (χ1v) is 12.9. The van der Waals surface area contributed by atoms with Crippen LogP contribution in [0.1, 0.15) is 10.4 Å². The zero-order chi connectivity index (χ0) is 25.4. The van der Waals surface area contributed by atoms with Gasteiger partial charge < -0.3 is 14.2 Å². The number of amides is 2. The second-order valence-corrected chi connectivity index (χ2v) is 10.0. The molecule has 3 aromatic carbocycles. The Morgan fingerprint density at radius 1 is 0.886 bits per heavy atom. The molecular formula is C23H20Br3N3O5S. The Balaban J connectivity index is 1.51. The summed E-state index contributed by atoms with van der Waals surface area (Å²) in [6.45, 7) is 0.383. The van der Waals surface area contributed by atoms with Crippen LogP contribution in [-0.4, -0.2) is 43.9 Å². The van der Waals surface area contributed by atoms with E-state index in [4.69, 9.17) is 26.4 Å². The van der Waals surface area contributed by atoms with Crippen LogP contribution in [0.3, 0.4) is 0 Å². The quantitative estimate of drug-likeness (QED) is 0.177. The average Bonchev–Trinajstić information content (AvgIpc) is 2.83. The molecule has 3 aromatic rings. The Hall–Kier alpha value is -2.25. The molecule has 0 fully saturated rings. The van der Waals surface area contributed by atoms with Crippen molar-refractivity contribution in [1.82, 2.24) is 16.2 Å². The summed E-state index contributed by atoms with van der Waals surface area (Å²) >= 11 is 15.4. The van der Waals surface area contributed by atoms with E-state index in [9.17, 15) is 9.59 Å². The van der Waals surface area contributed by atoms with Crippen molar-refractivity contribution in [3.8, 4) is 11.5 Å². The van der Waals surface area contributed by atoms with Gasteiger partial charge in [0.1, 0.15) is 18.1 Å². The van der Waals surface area contributed by atoms with Gasteiger partial charge in [0.2, 0.25) is 0 Å². The molecule has 3 N–H and O–H groups in total. The number of thiocarbonyl (C=S) groups is 1. The fourth-order valence-electron chi connectivity index (χ4n) is 2.90. The highest BCUT2D eigenvalue weighted by molar-refractivity contribution is 9.11. The van der Waals surface area contributed by atoms with Crippen LogP contribution in [-0.2, 0) is 9.53 Å². The first kappa shape index (κ1) is 27.3. The number of benzene rings is 3. The Bertz CT molecular complexity index is 1260. The molecule has 0 heterocycles. The number of halogens is 3. The van der Waals surface area contributed by atoms with Gasteiger partial charge in [0.15, 0.2) is 11.7 Å². The minimum Gasteiger partial charge on any atom is -0.490 e. The highest BCUT2D eigenvalue weighted by Crippen LogP contribution is 2.34. The van der Waals surface area contributed by atoms with Gasteiger partial charge in [-0.2, -0.15) is 0 Å². The molecule has 0 spiro atoms. The minimum atomic E-state index is -0.506. The number of nitrogens with one attached hydrogen (secondary N) is 3. The van der Waals surface area contributed by atoms with Gasteiger partial charge in [-0.05, 0) is 75.3 Å². The molecule has 0 aliphatic carbocycles. The molecular weight excluding hydrogens is 670 g/mol. The van der Waals surface area contributed by atoms with Crippen molar-refractivity contribution >= 4 is 87.7 Å². The Labute approximate surface area is 232 Å². The van der Waals surface area contributed by atoms with Gasteiger partial charge in [-0.3, -0.25) is 25.8 Å². The normalized spacial score (nSPS) is 10.5. The fourth-order valence-corrected chi connectivity index (χ4v) is 4.39. The molecule has 0 radical (unpaired) electrons. The van der Waals surface area contributed by atoms with Gasteiger partial charge in [-0.25, -0.2) is 0 Å². The van der Waals surface area contributed by atoms with Crippen molar-refractivity contribution in [3.05, 3.63) is 67.5 Å². The first-order chi connectivity index (χ1) is 16.8. The van der Waals surface area contributed by atoms with E-state index in [0.717, 1.165) is 19.7 Å². The second-order valence-electron chi connectivity index (χ2n) is 6.97. The molecule has 8 nitrogen and oxygen atoms in total. The summed E-state index contributed by atoms with van der Waals surface area (Å²) in [6.07, 6.45) is 0. The average molecular weight is 690 g/mol. The van der Waals surface area contributed by atoms with Crippen molar-refractivity contribution in [2.24, 2.45) is 0 Å². The van der Waals surface area contributed by atoms with Crippen LogP contribution in [0.2, 0.25) is 0 Å². The molecule has 184 valence electrons. The zero-order valence-corrected chi connectivity index (χ0v) is 23.9. The van der Waals surface area contributed by atoms with Crippen LogP contribution in [0.25, 0.3) is 10.8 Å². The number of methoxy groups -OCH3 is 1. The summed E-state index contributed by atoms with van der Waals surface area (Å²) in [6, 6.07) is 14.5. The lowest BCUT2D eigenvalue weighted by Crippen LogP contribution is -2.49. The highest BCUT2D eigenvalue weighted by atomic mass is 79.9. The topological polar surface area (TPSA) is 97.9 Å². The molecule has 12 heteroatoms. The van der Waals surface area contributed by atoms with Crippen molar-refractivity contribution in [2.75, 3.05) is 26.9 Å².